The minimum absolute atomic E-state index is 0.0788. The number of carbonyl (C=O) groups is 1. The number of likely N-dealkylation sites (N-methyl/N-ethyl adjacent to an activating group) is 1. The van der Waals surface area contributed by atoms with E-state index in [-0.39, 0.29) is 5.91 Å². The fraction of sp³-hybridized carbons (Fsp3) is 0.500. The normalized spacial score (nSPS) is 14.9. The van der Waals surface area contributed by atoms with Crippen molar-refractivity contribution in [3.8, 4) is 0 Å². The Morgan fingerprint density at radius 3 is 2.62 bits per heavy atom. The topological polar surface area (TPSA) is 52.8 Å². The molecule has 26 heavy (non-hydrogen) atoms. The first-order valence-corrected chi connectivity index (χ1v) is 9.27. The number of rotatable bonds is 8. The van der Waals surface area contributed by atoms with Crippen molar-refractivity contribution < 1.29 is 9.32 Å². The summed E-state index contributed by atoms with van der Waals surface area (Å²) in [5, 5.41) is 3.97. The number of hydrogen-bond acceptors (Lipinski definition) is 5. The fourth-order valence-electron chi connectivity index (χ4n) is 3.30. The first kappa shape index (κ1) is 18.6. The highest BCUT2D eigenvalue weighted by Crippen LogP contribution is 2.12. The zero-order valence-corrected chi connectivity index (χ0v) is 15.7. The summed E-state index contributed by atoms with van der Waals surface area (Å²) < 4.78 is 5.37. The molecule has 3 rings (SSSR count). The highest BCUT2D eigenvalue weighted by atomic mass is 16.5. The van der Waals surface area contributed by atoms with Gasteiger partial charge in [-0.25, -0.2) is 0 Å². The van der Waals surface area contributed by atoms with E-state index in [1.807, 2.05) is 32.3 Å². The van der Waals surface area contributed by atoms with Crippen molar-refractivity contribution in [1.82, 2.24) is 19.9 Å². The van der Waals surface area contributed by atoms with Crippen LogP contribution in [-0.2, 0) is 13.1 Å². The van der Waals surface area contributed by atoms with Crippen LogP contribution in [-0.4, -0.2) is 66.0 Å². The molecule has 6 heteroatoms. The van der Waals surface area contributed by atoms with Crippen LogP contribution in [0.5, 0.6) is 0 Å². The summed E-state index contributed by atoms with van der Waals surface area (Å²) in [4.78, 5) is 18.8. The second kappa shape index (κ2) is 8.96. The van der Waals surface area contributed by atoms with Gasteiger partial charge >= 0.3 is 0 Å². The molecule has 1 aromatic heterocycles. The van der Waals surface area contributed by atoms with Crippen LogP contribution in [0.1, 0.15) is 34.7 Å². The second-order valence-corrected chi connectivity index (χ2v) is 7.11. The molecule has 0 unspecified atom stereocenters. The highest BCUT2D eigenvalue weighted by Gasteiger charge is 2.19. The summed E-state index contributed by atoms with van der Waals surface area (Å²) in [5.41, 5.74) is 1.63. The number of aromatic nitrogens is 1. The molecule has 6 nitrogen and oxygen atoms in total. The summed E-state index contributed by atoms with van der Waals surface area (Å²) in [6.07, 6.45) is 2.53. The lowest BCUT2D eigenvalue weighted by Gasteiger charge is -2.20. The molecular formula is C20H28N4O2. The molecule has 0 bridgehead atoms. The monoisotopic (exact) mass is 356 g/mol. The Kier molecular flexibility index (Phi) is 6.41. The molecule has 1 aliphatic heterocycles. The van der Waals surface area contributed by atoms with Crippen molar-refractivity contribution in [3.05, 3.63) is 53.4 Å². The standard InChI is InChI=1S/C20H28N4O2/c1-22(15-17-8-4-3-5-9-17)16-18-14-19(21-26-18)20(25)23(2)12-13-24-10-6-7-11-24/h3-5,8-9,14H,6-7,10-13,15-16H2,1-2H3. The third-order valence-corrected chi connectivity index (χ3v) is 4.80. The number of amides is 1. The van der Waals surface area contributed by atoms with Gasteiger partial charge in [0.05, 0.1) is 6.54 Å². The lowest BCUT2D eigenvalue weighted by atomic mass is 10.2. The van der Waals surface area contributed by atoms with Gasteiger partial charge in [0.1, 0.15) is 0 Å². The Morgan fingerprint density at radius 1 is 1.15 bits per heavy atom. The van der Waals surface area contributed by atoms with Crippen molar-refractivity contribution in [2.45, 2.75) is 25.9 Å². The molecule has 2 aromatic rings. The van der Waals surface area contributed by atoms with Crippen LogP contribution < -0.4 is 0 Å². The molecule has 1 amide bonds. The van der Waals surface area contributed by atoms with Gasteiger partial charge in [-0.2, -0.15) is 0 Å². The third kappa shape index (κ3) is 5.16. The van der Waals surface area contributed by atoms with Crippen molar-refractivity contribution in [2.24, 2.45) is 0 Å². The Bertz CT molecular complexity index is 695. The molecule has 1 saturated heterocycles. The average Bonchev–Trinajstić information content (AvgIpc) is 3.31. The van der Waals surface area contributed by atoms with Gasteiger partial charge in [-0.05, 0) is 38.5 Å². The van der Waals surface area contributed by atoms with Crippen LogP contribution >= 0.6 is 0 Å². The predicted octanol–water partition coefficient (Wildman–Crippen LogP) is 2.47. The smallest absolute Gasteiger partial charge is 0.275 e. The third-order valence-electron chi connectivity index (χ3n) is 4.80. The Labute approximate surface area is 155 Å². The molecule has 0 N–H and O–H groups in total. The largest absolute Gasteiger partial charge is 0.359 e. The Hall–Kier alpha value is -2.18. The number of hydrogen-bond donors (Lipinski definition) is 0. The van der Waals surface area contributed by atoms with Crippen LogP contribution in [0.4, 0.5) is 0 Å². The molecule has 0 spiro atoms. The van der Waals surface area contributed by atoms with Gasteiger partial charge in [-0.1, -0.05) is 35.5 Å². The first-order valence-electron chi connectivity index (χ1n) is 9.27. The minimum atomic E-state index is -0.0788. The summed E-state index contributed by atoms with van der Waals surface area (Å²) in [6, 6.07) is 12.0. The van der Waals surface area contributed by atoms with Gasteiger partial charge in [0.2, 0.25) is 0 Å². The molecule has 0 radical (unpaired) electrons. The van der Waals surface area contributed by atoms with E-state index in [2.05, 4.69) is 27.1 Å². The first-order chi connectivity index (χ1) is 12.6. The van der Waals surface area contributed by atoms with Crippen LogP contribution in [0.25, 0.3) is 0 Å². The van der Waals surface area contributed by atoms with Crippen molar-refractivity contribution in [1.29, 1.82) is 0 Å². The molecule has 0 atom stereocenters. The van der Waals surface area contributed by atoms with Crippen molar-refractivity contribution >= 4 is 5.91 Å². The zero-order valence-electron chi connectivity index (χ0n) is 15.7. The van der Waals surface area contributed by atoms with Crippen LogP contribution in [0.15, 0.2) is 40.9 Å². The number of likely N-dealkylation sites (tertiary alicyclic amines) is 1. The number of nitrogens with zero attached hydrogens (tertiary/aromatic N) is 4. The predicted molar refractivity (Wildman–Crippen MR) is 101 cm³/mol. The molecule has 2 heterocycles. The van der Waals surface area contributed by atoms with Gasteiger partial charge in [0.25, 0.3) is 5.91 Å². The maximum Gasteiger partial charge on any atom is 0.275 e. The maximum atomic E-state index is 12.5. The van der Waals surface area contributed by atoms with E-state index in [4.69, 9.17) is 4.52 Å². The van der Waals surface area contributed by atoms with Crippen molar-refractivity contribution in [2.75, 3.05) is 40.3 Å². The van der Waals surface area contributed by atoms with E-state index >= 15 is 0 Å². The average molecular weight is 356 g/mol. The van der Waals surface area contributed by atoms with Gasteiger partial charge in [-0.15, -0.1) is 0 Å². The molecule has 0 aliphatic carbocycles. The molecular weight excluding hydrogens is 328 g/mol. The Balaban J connectivity index is 1.49. The molecule has 1 fully saturated rings. The van der Waals surface area contributed by atoms with E-state index < -0.39 is 0 Å². The maximum absolute atomic E-state index is 12.5. The molecule has 1 aromatic carbocycles. The highest BCUT2D eigenvalue weighted by molar-refractivity contribution is 5.92. The summed E-state index contributed by atoms with van der Waals surface area (Å²) in [7, 11) is 3.85. The Morgan fingerprint density at radius 2 is 1.88 bits per heavy atom. The molecule has 0 saturated carbocycles. The van der Waals surface area contributed by atoms with Gasteiger partial charge in [0.15, 0.2) is 11.5 Å². The lowest BCUT2D eigenvalue weighted by Crippen LogP contribution is -2.35. The summed E-state index contributed by atoms with van der Waals surface area (Å²) in [5.74, 6) is 0.629. The number of benzene rings is 1. The van der Waals surface area contributed by atoms with E-state index in [0.717, 1.165) is 32.7 Å². The second-order valence-electron chi connectivity index (χ2n) is 7.11. The molecule has 1 aliphatic rings. The van der Waals surface area contributed by atoms with Crippen molar-refractivity contribution in [3.63, 3.8) is 0 Å². The van der Waals surface area contributed by atoms with Crippen LogP contribution in [0, 0.1) is 0 Å². The summed E-state index contributed by atoms with van der Waals surface area (Å²) in [6.45, 7) is 5.36. The van der Waals surface area contributed by atoms with E-state index in [9.17, 15) is 4.79 Å². The lowest BCUT2D eigenvalue weighted by molar-refractivity contribution is 0.0772. The van der Waals surface area contributed by atoms with Crippen LogP contribution in [0.3, 0.4) is 0 Å². The number of carbonyl (C=O) groups excluding carboxylic acids is 1. The quantitative estimate of drug-likeness (QED) is 0.727. The fourth-order valence-corrected chi connectivity index (χ4v) is 3.30. The minimum Gasteiger partial charge on any atom is -0.359 e. The van der Waals surface area contributed by atoms with Crippen LogP contribution in [0.2, 0.25) is 0 Å². The SMILES string of the molecule is CN(Cc1ccccc1)Cc1cc(C(=O)N(C)CCN2CCCC2)no1. The van der Waals surface area contributed by atoms with E-state index in [1.165, 1.54) is 18.4 Å². The van der Waals surface area contributed by atoms with Gasteiger partial charge in [-0.3, -0.25) is 9.69 Å². The summed E-state index contributed by atoms with van der Waals surface area (Å²) >= 11 is 0. The zero-order chi connectivity index (χ0) is 18.4. The van der Waals surface area contributed by atoms with E-state index in [1.54, 1.807) is 11.0 Å². The molecule has 140 valence electrons. The van der Waals surface area contributed by atoms with Gasteiger partial charge < -0.3 is 14.3 Å². The van der Waals surface area contributed by atoms with E-state index in [0.29, 0.717) is 18.0 Å². The van der Waals surface area contributed by atoms with Gasteiger partial charge in [0, 0.05) is 32.7 Å².